The van der Waals surface area contributed by atoms with Gasteiger partial charge < -0.3 is 18.1 Å². The van der Waals surface area contributed by atoms with Gasteiger partial charge in [-0.1, -0.05) is 42.5 Å². The van der Waals surface area contributed by atoms with Crippen molar-refractivity contribution >= 4 is 27.2 Å². The molecule has 0 bridgehead atoms. The van der Waals surface area contributed by atoms with Gasteiger partial charge in [0.25, 0.3) is 0 Å². The number of nitrogens with two attached hydrogens (primary N) is 1. The number of benzene rings is 2. The average molecular weight is 392 g/mol. The fourth-order valence-corrected chi connectivity index (χ4v) is 5.24. The highest BCUT2D eigenvalue weighted by molar-refractivity contribution is 7.19. The Morgan fingerprint density at radius 3 is 2.44 bits per heavy atom. The molecule has 2 aromatic heterocycles. The lowest BCUT2D eigenvalue weighted by molar-refractivity contribution is -0.00000503. The first-order valence-corrected chi connectivity index (χ1v) is 9.98. The molecule has 0 saturated carbocycles. The predicted octanol–water partition coefficient (Wildman–Crippen LogP) is 3.10. The van der Waals surface area contributed by atoms with E-state index in [0.717, 1.165) is 21.8 Å². The number of pyridine rings is 1. The second kappa shape index (κ2) is 7.34. The minimum atomic E-state index is 0. The summed E-state index contributed by atoms with van der Waals surface area (Å²) < 4.78 is 0. The smallest absolute Gasteiger partial charge is 0.125 e. The molecule has 0 unspecified atom stereocenters. The maximum Gasteiger partial charge on any atom is 0.125 e. The van der Waals surface area contributed by atoms with E-state index in [4.69, 9.17) is 10.7 Å². The summed E-state index contributed by atoms with van der Waals surface area (Å²) in [6, 6.07) is 21.0. The van der Waals surface area contributed by atoms with Gasteiger partial charge in [-0.2, -0.15) is 0 Å². The molecule has 0 amide bonds. The van der Waals surface area contributed by atoms with E-state index in [9.17, 15) is 0 Å². The Balaban J connectivity index is 0.00000180. The lowest BCUT2D eigenvalue weighted by Crippen LogP contribution is -3.00. The van der Waals surface area contributed by atoms with Crippen LogP contribution in [0, 0.1) is 0 Å². The van der Waals surface area contributed by atoms with Crippen LogP contribution < -0.4 is 18.1 Å². The first-order valence-electron chi connectivity index (χ1n) is 9.16. The van der Waals surface area contributed by atoms with Gasteiger partial charge in [0.15, 0.2) is 0 Å². The van der Waals surface area contributed by atoms with Crippen molar-refractivity contribution in [1.82, 2.24) is 4.98 Å². The number of halogens is 1. The van der Waals surface area contributed by atoms with Gasteiger partial charge in [-0.25, -0.2) is 4.98 Å². The quantitative estimate of drug-likeness (QED) is 0.533. The number of hydrogen-bond acceptors (Lipinski definition) is 3. The molecular formula is C23H20ClN2S-. The third kappa shape index (κ3) is 3.22. The fraction of sp³-hybridized carbons (Fsp3) is 0.174. The zero-order chi connectivity index (χ0) is 17.5. The fourth-order valence-electron chi connectivity index (χ4n) is 3.95. The number of thiophene rings is 1. The second-order valence-corrected chi connectivity index (χ2v) is 8.02. The van der Waals surface area contributed by atoms with Gasteiger partial charge in [-0.3, -0.25) is 0 Å². The lowest BCUT2D eigenvalue weighted by atomic mass is 9.92. The molecule has 27 heavy (non-hydrogen) atoms. The van der Waals surface area contributed by atoms with E-state index in [-0.39, 0.29) is 12.4 Å². The molecule has 1 aliphatic carbocycles. The summed E-state index contributed by atoms with van der Waals surface area (Å²) >= 11 is 1.88. The predicted molar refractivity (Wildman–Crippen MR) is 112 cm³/mol. The number of fused-ring (bicyclic) bond motifs is 3. The van der Waals surface area contributed by atoms with E-state index < -0.39 is 0 Å². The van der Waals surface area contributed by atoms with Crippen LogP contribution in [0.2, 0.25) is 0 Å². The Morgan fingerprint density at radius 1 is 0.852 bits per heavy atom. The van der Waals surface area contributed by atoms with Gasteiger partial charge >= 0.3 is 0 Å². The highest BCUT2D eigenvalue weighted by Gasteiger charge is 2.21. The van der Waals surface area contributed by atoms with Gasteiger partial charge in [-0.05, 0) is 60.6 Å². The van der Waals surface area contributed by atoms with Crippen molar-refractivity contribution < 1.29 is 12.4 Å². The maximum atomic E-state index is 6.01. The van der Waals surface area contributed by atoms with Crippen molar-refractivity contribution in [2.45, 2.75) is 25.7 Å². The van der Waals surface area contributed by atoms with Crippen molar-refractivity contribution in [3.63, 3.8) is 0 Å². The van der Waals surface area contributed by atoms with E-state index >= 15 is 0 Å². The monoisotopic (exact) mass is 391 g/mol. The van der Waals surface area contributed by atoms with Crippen molar-refractivity contribution in [3.05, 3.63) is 71.1 Å². The Morgan fingerprint density at radius 2 is 1.63 bits per heavy atom. The number of nitrogen functional groups attached to an aromatic ring is 1. The van der Waals surface area contributed by atoms with Crippen LogP contribution in [0.5, 0.6) is 0 Å². The van der Waals surface area contributed by atoms with Crippen LogP contribution in [0.3, 0.4) is 0 Å². The third-order valence-electron chi connectivity index (χ3n) is 5.19. The summed E-state index contributed by atoms with van der Waals surface area (Å²) in [5.41, 5.74) is 13.0. The highest BCUT2D eigenvalue weighted by atomic mass is 35.5. The van der Waals surface area contributed by atoms with E-state index in [1.807, 2.05) is 29.5 Å². The van der Waals surface area contributed by atoms with Crippen molar-refractivity contribution in [1.29, 1.82) is 0 Å². The molecule has 5 rings (SSSR count). The standard InChI is InChI=1S/C23H20N2S.ClH/c24-17-10-6-9-16(13-17)20-14-19(15-7-2-1-3-8-15)22-18-11-4-5-12-21(18)26-23(22)25-20;/h1-3,6-10,13-14H,4-5,11-12,24H2;1H/p-1. The van der Waals surface area contributed by atoms with Crippen LogP contribution in [0.15, 0.2) is 60.7 Å². The van der Waals surface area contributed by atoms with Crippen LogP contribution in [0.25, 0.3) is 32.6 Å². The van der Waals surface area contributed by atoms with Crippen LogP contribution in [-0.4, -0.2) is 4.98 Å². The molecule has 2 aromatic carbocycles. The molecule has 2 heterocycles. The van der Waals surface area contributed by atoms with Crippen LogP contribution in [-0.2, 0) is 12.8 Å². The second-order valence-electron chi connectivity index (χ2n) is 6.94. The Bertz CT molecular complexity index is 1100. The first-order chi connectivity index (χ1) is 12.8. The molecule has 0 atom stereocenters. The van der Waals surface area contributed by atoms with E-state index in [2.05, 4.69) is 42.5 Å². The SMILES string of the molecule is Nc1cccc(-c2cc(-c3ccccc3)c3c4c(sc3n2)CCCC4)c1.[Cl-]. The van der Waals surface area contributed by atoms with Gasteiger partial charge in [0, 0.05) is 21.5 Å². The topological polar surface area (TPSA) is 38.9 Å². The molecule has 2 nitrogen and oxygen atoms in total. The minimum absolute atomic E-state index is 0. The average Bonchev–Trinajstić information content (AvgIpc) is 3.06. The zero-order valence-electron chi connectivity index (χ0n) is 14.9. The van der Waals surface area contributed by atoms with Crippen LogP contribution in [0.1, 0.15) is 23.3 Å². The number of rotatable bonds is 2. The molecule has 1 aliphatic rings. The molecule has 0 aliphatic heterocycles. The Hall–Kier alpha value is -2.36. The summed E-state index contributed by atoms with van der Waals surface area (Å²) in [6.07, 6.45) is 4.94. The molecule has 0 fully saturated rings. The molecule has 0 radical (unpaired) electrons. The van der Waals surface area contributed by atoms with Crippen LogP contribution in [0.4, 0.5) is 5.69 Å². The number of hydrogen-bond donors (Lipinski definition) is 1. The van der Waals surface area contributed by atoms with Crippen molar-refractivity contribution in [2.75, 3.05) is 5.73 Å². The molecule has 0 spiro atoms. The summed E-state index contributed by atoms with van der Waals surface area (Å²) in [4.78, 5) is 7.73. The van der Waals surface area contributed by atoms with E-state index in [1.165, 1.54) is 52.6 Å². The number of aromatic nitrogens is 1. The molecule has 2 N–H and O–H groups in total. The molecular weight excluding hydrogens is 372 g/mol. The minimum Gasteiger partial charge on any atom is -1.00 e. The van der Waals surface area contributed by atoms with Crippen LogP contribution >= 0.6 is 11.3 Å². The third-order valence-corrected chi connectivity index (χ3v) is 6.38. The summed E-state index contributed by atoms with van der Waals surface area (Å²) in [6.45, 7) is 0. The Kier molecular flexibility index (Phi) is 4.90. The number of anilines is 1. The van der Waals surface area contributed by atoms with Crippen molar-refractivity contribution in [3.8, 4) is 22.4 Å². The lowest BCUT2D eigenvalue weighted by Gasteiger charge is -2.13. The summed E-state index contributed by atoms with van der Waals surface area (Å²) in [7, 11) is 0. The van der Waals surface area contributed by atoms with E-state index in [1.54, 1.807) is 0 Å². The van der Waals surface area contributed by atoms with Crippen molar-refractivity contribution in [2.24, 2.45) is 0 Å². The maximum absolute atomic E-state index is 6.01. The van der Waals surface area contributed by atoms with Gasteiger partial charge in [0.05, 0.1) is 5.69 Å². The molecule has 0 saturated heterocycles. The Labute approximate surface area is 169 Å². The highest BCUT2D eigenvalue weighted by Crippen LogP contribution is 2.42. The molecule has 4 heteroatoms. The van der Waals surface area contributed by atoms with Gasteiger partial charge in [0.2, 0.25) is 0 Å². The summed E-state index contributed by atoms with van der Waals surface area (Å²) in [5.74, 6) is 0. The summed E-state index contributed by atoms with van der Waals surface area (Å²) in [5, 5.41) is 1.36. The largest absolute Gasteiger partial charge is 1.00 e. The molecule has 4 aromatic rings. The molecule has 136 valence electrons. The zero-order valence-corrected chi connectivity index (χ0v) is 16.5. The number of nitrogens with zero attached hydrogens (tertiary/aromatic N) is 1. The van der Waals surface area contributed by atoms with Gasteiger partial charge in [0.1, 0.15) is 4.83 Å². The normalized spacial score (nSPS) is 13.2. The van der Waals surface area contributed by atoms with E-state index in [0.29, 0.717) is 0 Å². The van der Waals surface area contributed by atoms with Gasteiger partial charge in [-0.15, -0.1) is 11.3 Å². The number of aryl methyl sites for hydroxylation is 2. The first kappa shape index (κ1) is 18.0.